The van der Waals surface area contributed by atoms with Crippen LogP contribution in [0.1, 0.15) is 45.4 Å². The lowest BCUT2D eigenvalue weighted by Crippen LogP contribution is -2.62. The van der Waals surface area contributed by atoms with E-state index in [1.54, 1.807) is 24.0 Å². The van der Waals surface area contributed by atoms with Crippen LogP contribution in [0.15, 0.2) is 29.2 Å². The van der Waals surface area contributed by atoms with E-state index in [0.717, 1.165) is 19.4 Å². The topological polar surface area (TPSA) is 140 Å². The minimum Gasteiger partial charge on any atom is -0.425 e. The number of nitrogens with zero attached hydrogens (tertiary/aromatic N) is 4. The molecule has 4 aliphatic rings. The van der Waals surface area contributed by atoms with Gasteiger partial charge in [-0.05, 0) is 44.2 Å². The smallest absolute Gasteiger partial charge is 0.410 e. The second-order valence-electron chi connectivity index (χ2n) is 10.8. The normalized spacial score (nSPS) is 26.8. The molecule has 1 aromatic rings. The maximum absolute atomic E-state index is 13.8. The molecule has 3 amide bonds. The van der Waals surface area contributed by atoms with Gasteiger partial charge in [0.1, 0.15) is 5.54 Å². The molecule has 1 aliphatic carbocycles. The number of sulfone groups is 1. The number of alkyl carbamates (subject to hydrolysis) is 1. The summed E-state index contributed by atoms with van der Waals surface area (Å²) in [5, 5.41) is 10.9. The van der Waals surface area contributed by atoms with Gasteiger partial charge in [0, 0.05) is 45.6 Å². The van der Waals surface area contributed by atoms with Gasteiger partial charge in [-0.15, -0.1) is 0 Å². The quantitative estimate of drug-likeness (QED) is 0.541. The average molecular weight is 578 g/mol. The molecule has 11 nitrogen and oxygen atoms in total. The molecule has 3 aliphatic heterocycles. The van der Waals surface area contributed by atoms with E-state index in [2.05, 4.69) is 16.3 Å². The summed E-state index contributed by atoms with van der Waals surface area (Å²) in [6.07, 6.45) is 1.09. The number of carbonyl (C=O) groups is 3. The highest BCUT2D eigenvalue weighted by molar-refractivity contribution is 7.92. The van der Waals surface area contributed by atoms with Crippen LogP contribution >= 0.6 is 11.6 Å². The summed E-state index contributed by atoms with van der Waals surface area (Å²) in [6, 6.07) is 7.88. The van der Waals surface area contributed by atoms with Gasteiger partial charge in [0.05, 0.1) is 27.3 Å². The van der Waals surface area contributed by atoms with Crippen molar-refractivity contribution in [3.63, 3.8) is 0 Å². The number of amides is 3. The Hall–Kier alpha value is -2.88. The van der Waals surface area contributed by atoms with Crippen LogP contribution in [0.3, 0.4) is 0 Å². The van der Waals surface area contributed by atoms with Gasteiger partial charge in [-0.2, -0.15) is 5.26 Å². The van der Waals surface area contributed by atoms with E-state index in [-0.39, 0.29) is 40.7 Å². The number of ether oxygens (including phenoxy) is 1. The highest BCUT2D eigenvalue weighted by Crippen LogP contribution is 2.37. The summed E-state index contributed by atoms with van der Waals surface area (Å²) in [5.74, 6) is -0.249. The van der Waals surface area contributed by atoms with E-state index in [1.807, 2.05) is 0 Å². The van der Waals surface area contributed by atoms with Crippen molar-refractivity contribution in [3.05, 3.63) is 29.3 Å². The maximum atomic E-state index is 13.8. The molecule has 13 heteroatoms. The van der Waals surface area contributed by atoms with Crippen LogP contribution in [0.25, 0.3) is 0 Å². The third-order valence-corrected chi connectivity index (χ3v) is 11.0. The predicted octanol–water partition coefficient (Wildman–Crippen LogP) is 1.91. The molecule has 0 spiro atoms. The number of hydrogen-bond donors (Lipinski definition) is 1. The molecule has 3 atom stereocenters. The van der Waals surface area contributed by atoms with E-state index >= 15 is 0 Å². The van der Waals surface area contributed by atoms with E-state index in [0.29, 0.717) is 32.4 Å². The van der Waals surface area contributed by atoms with Gasteiger partial charge in [0.15, 0.2) is 16.1 Å². The lowest BCUT2D eigenvalue weighted by Gasteiger charge is -2.48. The van der Waals surface area contributed by atoms with Crippen LogP contribution in [0.2, 0.25) is 5.02 Å². The molecular weight excluding hydrogens is 546 g/mol. The van der Waals surface area contributed by atoms with Crippen molar-refractivity contribution in [1.29, 1.82) is 5.26 Å². The summed E-state index contributed by atoms with van der Waals surface area (Å²) in [6.45, 7) is 3.40. The molecule has 1 unspecified atom stereocenters. The molecule has 3 heterocycles. The Morgan fingerprint density at radius 1 is 1.13 bits per heavy atom. The number of halogens is 1. The summed E-state index contributed by atoms with van der Waals surface area (Å²) in [4.78, 5) is 43.4. The first-order valence-electron chi connectivity index (χ1n) is 13.2. The summed E-state index contributed by atoms with van der Waals surface area (Å²) >= 11 is 6.20. The highest BCUT2D eigenvalue weighted by Gasteiger charge is 2.51. The van der Waals surface area contributed by atoms with Crippen LogP contribution in [0.4, 0.5) is 4.79 Å². The Bertz CT molecular complexity index is 1300. The fourth-order valence-corrected chi connectivity index (χ4v) is 7.94. The SMILES string of the molecule is CC(=O)N1CCC(N2CCC2C(=O)N2C[C@H](S(=O)(=O)c3ccccc3Cl)C[C@@H]2OC(=O)NC2(C#N)CC2)CC1. The van der Waals surface area contributed by atoms with Gasteiger partial charge >= 0.3 is 6.09 Å². The molecule has 3 saturated heterocycles. The summed E-state index contributed by atoms with van der Waals surface area (Å²) in [5.41, 5.74) is -0.965. The predicted molar refractivity (Wildman–Crippen MR) is 140 cm³/mol. The Morgan fingerprint density at radius 2 is 1.82 bits per heavy atom. The molecule has 39 heavy (non-hydrogen) atoms. The molecule has 1 saturated carbocycles. The maximum Gasteiger partial charge on any atom is 0.410 e. The minimum absolute atomic E-state index is 0.0296. The largest absolute Gasteiger partial charge is 0.425 e. The zero-order valence-electron chi connectivity index (χ0n) is 21.7. The molecule has 1 aromatic carbocycles. The first-order chi connectivity index (χ1) is 18.5. The Labute approximate surface area is 232 Å². The van der Waals surface area contributed by atoms with Crippen LogP contribution in [0, 0.1) is 11.3 Å². The van der Waals surface area contributed by atoms with Crippen molar-refractivity contribution < 1.29 is 27.5 Å². The number of nitriles is 1. The van der Waals surface area contributed by atoms with Gasteiger partial charge < -0.3 is 19.9 Å². The van der Waals surface area contributed by atoms with Gasteiger partial charge in [0.25, 0.3) is 0 Å². The van der Waals surface area contributed by atoms with Crippen LogP contribution < -0.4 is 5.32 Å². The molecule has 4 fully saturated rings. The molecule has 210 valence electrons. The van der Waals surface area contributed by atoms with Crippen molar-refractivity contribution in [2.45, 2.75) is 79.4 Å². The molecule has 0 aromatic heterocycles. The molecular formula is C26H32ClN5O6S. The summed E-state index contributed by atoms with van der Waals surface area (Å²) < 4.78 is 32.7. The zero-order chi connectivity index (χ0) is 27.9. The molecule has 1 N–H and O–H groups in total. The number of nitrogens with one attached hydrogen (secondary N) is 1. The lowest BCUT2D eigenvalue weighted by atomic mass is 9.93. The first-order valence-corrected chi connectivity index (χ1v) is 15.2. The van der Waals surface area contributed by atoms with Gasteiger partial charge in [0.2, 0.25) is 11.8 Å². The highest BCUT2D eigenvalue weighted by atomic mass is 35.5. The number of benzene rings is 1. The van der Waals surface area contributed by atoms with E-state index in [1.165, 1.54) is 17.0 Å². The second kappa shape index (κ2) is 10.6. The van der Waals surface area contributed by atoms with Gasteiger partial charge in [-0.3, -0.25) is 14.5 Å². The van der Waals surface area contributed by atoms with Gasteiger partial charge in [-0.25, -0.2) is 13.2 Å². The Morgan fingerprint density at radius 3 is 2.38 bits per heavy atom. The second-order valence-corrected chi connectivity index (χ2v) is 13.4. The number of likely N-dealkylation sites (tertiary alicyclic amines) is 3. The molecule has 0 bridgehead atoms. The average Bonchev–Trinajstić information content (AvgIpc) is 3.52. The fraction of sp³-hybridized carbons (Fsp3) is 0.615. The number of hydrogen-bond acceptors (Lipinski definition) is 8. The van der Waals surface area contributed by atoms with Crippen molar-refractivity contribution in [2.75, 3.05) is 26.2 Å². The van der Waals surface area contributed by atoms with Crippen LogP contribution in [-0.4, -0.2) is 96.3 Å². The third kappa shape index (κ3) is 5.44. The van der Waals surface area contributed by atoms with E-state index < -0.39 is 39.0 Å². The van der Waals surface area contributed by atoms with Crippen molar-refractivity contribution >= 4 is 39.3 Å². The zero-order valence-corrected chi connectivity index (χ0v) is 23.3. The fourth-order valence-electron chi connectivity index (χ4n) is 5.74. The third-order valence-electron chi connectivity index (χ3n) is 8.35. The van der Waals surface area contributed by atoms with Crippen LogP contribution in [0.5, 0.6) is 0 Å². The Kier molecular flexibility index (Phi) is 7.52. The number of carbonyl (C=O) groups excluding carboxylic acids is 3. The van der Waals surface area contributed by atoms with Crippen molar-refractivity contribution in [3.8, 4) is 6.07 Å². The number of piperidine rings is 1. The minimum atomic E-state index is -3.94. The van der Waals surface area contributed by atoms with Crippen molar-refractivity contribution in [1.82, 2.24) is 20.0 Å². The first kappa shape index (κ1) is 27.7. The standard InChI is InChI=1S/C26H32ClN5O6S/c1-17(33)30-11-6-18(7-12-30)31-13-8-21(31)24(34)32-15-19(39(36,37)22-5-3-2-4-20(22)27)14-23(32)38-25(35)29-26(16-28)9-10-26/h2-5,18-19,21,23H,6-15H2,1H3,(H,29,35)/t19-,21?,23+/m1/s1. The van der Waals surface area contributed by atoms with Crippen molar-refractivity contribution in [2.24, 2.45) is 0 Å². The monoisotopic (exact) mass is 577 g/mol. The number of rotatable bonds is 6. The molecule has 5 rings (SSSR count). The van der Waals surface area contributed by atoms with Crippen LogP contribution in [-0.2, 0) is 24.2 Å². The molecule has 0 radical (unpaired) electrons. The lowest BCUT2D eigenvalue weighted by molar-refractivity contribution is -0.152. The van der Waals surface area contributed by atoms with Gasteiger partial charge in [-0.1, -0.05) is 23.7 Å². The Balaban J connectivity index is 1.33. The van der Waals surface area contributed by atoms with E-state index in [4.69, 9.17) is 16.3 Å². The summed E-state index contributed by atoms with van der Waals surface area (Å²) in [7, 11) is -3.94. The van der Waals surface area contributed by atoms with E-state index in [9.17, 15) is 28.1 Å².